The maximum atomic E-state index is 5.53. The maximum Gasteiger partial charge on any atom is 0.161 e. The minimum Gasteiger partial charge on any atom is -0.493 e. The van der Waals surface area contributed by atoms with Crippen molar-refractivity contribution in [3.05, 3.63) is 23.8 Å². The Morgan fingerprint density at radius 2 is 2.12 bits per heavy atom. The predicted octanol–water partition coefficient (Wildman–Crippen LogP) is 1.16. The Labute approximate surface area is 100 Å². The summed E-state index contributed by atoms with van der Waals surface area (Å²) in [6, 6.07) is 5.68. The van der Waals surface area contributed by atoms with E-state index in [1.54, 1.807) is 14.2 Å². The summed E-state index contributed by atoms with van der Waals surface area (Å²) in [5, 5.41) is 4.03. The highest BCUT2D eigenvalue weighted by Crippen LogP contribution is 2.29. The molecule has 1 aromatic rings. The monoisotopic (exact) mass is 236 g/mol. The molecule has 0 saturated heterocycles. The van der Waals surface area contributed by atoms with Crippen LogP contribution in [0.4, 0.5) is 0 Å². The van der Waals surface area contributed by atoms with E-state index >= 15 is 0 Å². The summed E-state index contributed by atoms with van der Waals surface area (Å²) >= 11 is 0. The molecule has 0 spiro atoms. The van der Waals surface area contributed by atoms with Crippen molar-refractivity contribution in [1.82, 2.24) is 0 Å². The van der Waals surface area contributed by atoms with Crippen LogP contribution in [0.1, 0.15) is 12.0 Å². The predicted molar refractivity (Wildman–Crippen MR) is 64.6 cm³/mol. The molecule has 1 aliphatic heterocycles. The molecule has 2 rings (SSSR count). The van der Waals surface area contributed by atoms with E-state index in [-0.39, 0.29) is 6.10 Å². The highest BCUT2D eigenvalue weighted by atomic mass is 16.6. The first kappa shape index (κ1) is 11.7. The Kier molecular flexibility index (Phi) is 3.49. The Morgan fingerprint density at radius 3 is 2.71 bits per heavy atom. The van der Waals surface area contributed by atoms with Gasteiger partial charge in [0.05, 0.1) is 19.9 Å². The fourth-order valence-corrected chi connectivity index (χ4v) is 1.74. The third kappa shape index (κ3) is 2.34. The van der Waals surface area contributed by atoms with Crippen molar-refractivity contribution in [1.29, 1.82) is 0 Å². The standard InChI is InChI=1S/C12H16N2O3/c1-15-11-4-3-8(5-12(11)16-2)10-6-9(7-13)17-14-10/h3-5,9H,6-7,13H2,1-2H3/t9-/m0/s1. The summed E-state index contributed by atoms with van der Waals surface area (Å²) in [6.45, 7) is 0.473. The van der Waals surface area contributed by atoms with Crippen LogP contribution in [-0.4, -0.2) is 32.6 Å². The van der Waals surface area contributed by atoms with E-state index < -0.39 is 0 Å². The second kappa shape index (κ2) is 5.05. The zero-order valence-corrected chi connectivity index (χ0v) is 9.97. The maximum absolute atomic E-state index is 5.53. The molecule has 0 fully saturated rings. The molecule has 0 aromatic heterocycles. The average molecular weight is 236 g/mol. The molecule has 1 aliphatic rings. The van der Waals surface area contributed by atoms with Crippen LogP contribution < -0.4 is 15.2 Å². The van der Waals surface area contributed by atoms with Crippen LogP contribution in [0, 0.1) is 0 Å². The lowest BCUT2D eigenvalue weighted by Crippen LogP contribution is -2.20. The molecule has 1 atom stereocenters. The van der Waals surface area contributed by atoms with Crippen molar-refractivity contribution in [2.45, 2.75) is 12.5 Å². The number of rotatable bonds is 4. The van der Waals surface area contributed by atoms with E-state index in [4.69, 9.17) is 20.0 Å². The Bertz CT molecular complexity index is 432. The number of benzene rings is 1. The van der Waals surface area contributed by atoms with Gasteiger partial charge in [-0.05, 0) is 18.2 Å². The third-order valence-corrected chi connectivity index (χ3v) is 2.71. The summed E-state index contributed by atoms with van der Waals surface area (Å²) in [7, 11) is 3.22. The van der Waals surface area contributed by atoms with Gasteiger partial charge in [-0.1, -0.05) is 5.16 Å². The minimum atomic E-state index is -0.0157. The largest absolute Gasteiger partial charge is 0.493 e. The van der Waals surface area contributed by atoms with Gasteiger partial charge in [0.25, 0.3) is 0 Å². The SMILES string of the molecule is COc1ccc(C2=NO[C@H](CN)C2)cc1OC. The van der Waals surface area contributed by atoms with Crippen LogP contribution in [0.5, 0.6) is 11.5 Å². The van der Waals surface area contributed by atoms with Crippen molar-refractivity contribution in [3.8, 4) is 11.5 Å². The van der Waals surface area contributed by atoms with Crippen LogP contribution >= 0.6 is 0 Å². The van der Waals surface area contributed by atoms with E-state index in [1.165, 1.54) is 0 Å². The zero-order chi connectivity index (χ0) is 12.3. The van der Waals surface area contributed by atoms with Crippen LogP contribution in [0.3, 0.4) is 0 Å². The molecule has 0 amide bonds. The summed E-state index contributed by atoms with van der Waals surface area (Å²) in [4.78, 5) is 5.19. The van der Waals surface area contributed by atoms with E-state index in [0.717, 1.165) is 17.7 Å². The second-order valence-corrected chi connectivity index (χ2v) is 3.77. The van der Waals surface area contributed by atoms with E-state index in [2.05, 4.69) is 5.16 Å². The lowest BCUT2D eigenvalue weighted by Gasteiger charge is -2.09. The van der Waals surface area contributed by atoms with Crippen LogP contribution in [-0.2, 0) is 4.84 Å². The third-order valence-electron chi connectivity index (χ3n) is 2.71. The topological polar surface area (TPSA) is 66.1 Å². The second-order valence-electron chi connectivity index (χ2n) is 3.77. The lowest BCUT2D eigenvalue weighted by molar-refractivity contribution is 0.0918. The Balaban J connectivity index is 2.23. The number of hydrogen-bond donors (Lipinski definition) is 1. The zero-order valence-electron chi connectivity index (χ0n) is 9.97. The summed E-state index contributed by atoms with van der Waals surface area (Å²) in [6.07, 6.45) is 0.713. The molecule has 2 N–H and O–H groups in total. The molecule has 5 nitrogen and oxygen atoms in total. The number of methoxy groups -OCH3 is 2. The number of hydrogen-bond acceptors (Lipinski definition) is 5. The molecule has 5 heteroatoms. The van der Waals surface area contributed by atoms with Crippen molar-refractivity contribution in [3.63, 3.8) is 0 Å². The van der Waals surface area contributed by atoms with Crippen molar-refractivity contribution in [2.75, 3.05) is 20.8 Å². The highest BCUT2D eigenvalue weighted by molar-refractivity contribution is 6.01. The molecule has 17 heavy (non-hydrogen) atoms. The summed E-state index contributed by atoms with van der Waals surface area (Å²) < 4.78 is 10.4. The first-order chi connectivity index (χ1) is 8.28. The Hall–Kier alpha value is -1.75. The van der Waals surface area contributed by atoms with Crippen molar-refractivity contribution >= 4 is 5.71 Å². The molecule has 0 radical (unpaired) electrons. The molecule has 1 heterocycles. The van der Waals surface area contributed by atoms with E-state index in [0.29, 0.717) is 18.0 Å². The average Bonchev–Trinajstić information content (AvgIpc) is 2.86. The lowest BCUT2D eigenvalue weighted by atomic mass is 10.0. The number of nitrogens with two attached hydrogens (primary N) is 1. The van der Waals surface area contributed by atoms with Gasteiger partial charge < -0.3 is 20.0 Å². The van der Waals surface area contributed by atoms with Gasteiger partial charge in [-0.3, -0.25) is 0 Å². The van der Waals surface area contributed by atoms with E-state index in [1.807, 2.05) is 18.2 Å². The fraction of sp³-hybridized carbons (Fsp3) is 0.417. The normalized spacial score (nSPS) is 18.5. The summed E-state index contributed by atoms with van der Waals surface area (Å²) in [5.41, 5.74) is 7.39. The molecular formula is C12H16N2O3. The van der Waals surface area contributed by atoms with Gasteiger partial charge in [0.2, 0.25) is 0 Å². The van der Waals surface area contributed by atoms with Gasteiger partial charge in [0.1, 0.15) is 6.10 Å². The van der Waals surface area contributed by atoms with Gasteiger partial charge in [-0.2, -0.15) is 0 Å². The first-order valence-corrected chi connectivity index (χ1v) is 5.43. The quantitative estimate of drug-likeness (QED) is 0.851. The van der Waals surface area contributed by atoms with Crippen molar-refractivity contribution in [2.24, 2.45) is 10.9 Å². The van der Waals surface area contributed by atoms with Crippen LogP contribution in [0.25, 0.3) is 0 Å². The number of oxime groups is 1. The summed E-state index contributed by atoms with van der Waals surface area (Å²) in [5.74, 6) is 1.38. The minimum absolute atomic E-state index is 0.0157. The van der Waals surface area contributed by atoms with Crippen LogP contribution in [0.2, 0.25) is 0 Å². The fourth-order valence-electron chi connectivity index (χ4n) is 1.74. The molecule has 0 aliphatic carbocycles. The molecular weight excluding hydrogens is 220 g/mol. The molecule has 92 valence electrons. The number of ether oxygens (including phenoxy) is 2. The van der Waals surface area contributed by atoms with Gasteiger partial charge >= 0.3 is 0 Å². The molecule has 0 saturated carbocycles. The molecule has 0 bridgehead atoms. The van der Waals surface area contributed by atoms with Gasteiger partial charge in [-0.25, -0.2) is 0 Å². The number of nitrogens with zero attached hydrogens (tertiary/aromatic N) is 1. The van der Waals surface area contributed by atoms with Gasteiger partial charge in [0.15, 0.2) is 11.5 Å². The van der Waals surface area contributed by atoms with Crippen molar-refractivity contribution < 1.29 is 14.3 Å². The van der Waals surface area contributed by atoms with E-state index in [9.17, 15) is 0 Å². The van der Waals surface area contributed by atoms with Crippen LogP contribution in [0.15, 0.2) is 23.4 Å². The smallest absolute Gasteiger partial charge is 0.161 e. The highest BCUT2D eigenvalue weighted by Gasteiger charge is 2.21. The first-order valence-electron chi connectivity index (χ1n) is 5.43. The molecule has 0 unspecified atom stereocenters. The van der Waals surface area contributed by atoms with Gasteiger partial charge in [-0.15, -0.1) is 0 Å². The Morgan fingerprint density at radius 1 is 1.35 bits per heavy atom. The van der Waals surface area contributed by atoms with Gasteiger partial charge in [0, 0.05) is 18.5 Å². The molecule has 1 aromatic carbocycles.